The number of unbranched alkanes of at least 4 members (excludes halogenated alkanes) is 9. The summed E-state index contributed by atoms with van der Waals surface area (Å²) in [6.07, 6.45) is 47.8. The average Bonchev–Trinajstić information content (AvgIpc) is 3.15. The number of esters is 2. The molecule has 0 aliphatic carbocycles. The summed E-state index contributed by atoms with van der Waals surface area (Å²) in [7, 11) is 1.43. The van der Waals surface area contributed by atoms with E-state index in [-0.39, 0.29) is 26.1 Å². The van der Waals surface area contributed by atoms with Crippen molar-refractivity contribution in [3.63, 3.8) is 0 Å². The van der Waals surface area contributed by atoms with Gasteiger partial charge in [0.25, 0.3) is 0 Å². The molecule has 56 heavy (non-hydrogen) atoms. The Hall–Kier alpha value is -2.81. The lowest BCUT2D eigenvalue weighted by molar-refractivity contribution is -0.870. The molecule has 0 amide bonds. The van der Waals surface area contributed by atoms with E-state index in [4.69, 9.17) is 18.5 Å². The lowest BCUT2D eigenvalue weighted by Crippen LogP contribution is -2.37. The molecule has 0 spiro atoms. The van der Waals surface area contributed by atoms with Crippen molar-refractivity contribution >= 4 is 19.8 Å². The molecule has 0 rings (SSSR count). The molecule has 0 saturated carbocycles. The Morgan fingerprint density at radius 2 is 0.964 bits per heavy atom. The van der Waals surface area contributed by atoms with Crippen LogP contribution in [0.4, 0.5) is 0 Å². The molecule has 0 aliphatic heterocycles. The van der Waals surface area contributed by atoms with E-state index >= 15 is 0 Å². The van der Waals surface area contributed by atoms with Gasteiger partial charge in [0.15, 0.2) is 6.10 Å². The lowest BCUT2D eigenvalue weighted by Gasteiger charge is -2.24. The number of ether oxygens (including phenoxy) is 2. The Kier molecular flexibility index (Phi) is 35.9. The average molecular weight is 805 g/mol. The quantitative estimate of drug-likeness (QED) is 0.0217. The summed E-state index contributed by atoms with van der Waals surface area (Å²) in [5.74, 6) is -0.859. The summed E-state index contributed by atoms with van der Waals surface area (Å²) in [6.45, 7) is 4.11. The molecule has 0 bridgehead atoms. The number of hydrogen-bond donors (Lipinski definition) is 1. The second-order valence-corrected chi connectivity index (χ2v) is 16.4. The molecule has 0 fully saturated rings. The first kappa shape index (κ1) is 53.2. The first-order valence-corrected chi connectivity index (χ1v) is 22.8. The van der Waals surface area contributed by atoms with E-state index < -0.39 is 32.5 Å². The van der Waals surface area contributed by atoms with Gasteiger partial charge in [-0.1, -0.05) is 131 Å². The molecule has 1 N–H and O–H groups in total. The second-order valence-electron chi connectivity index (χ2n) is 15.0. The molecule has 0 heterocycles. The summed E-state index contributed by atoms with van der Waals surface area (Å²) >= 11 is 0. The normalized spacial score (nSPS) is 14.5. The van der Waals surface area contributed by atoms with Crippen molar-refractivity contribution in [2.24, 2.45) is 0 Å². The fourth-order valence-electron chi connectivity index (χ4n) is 5.13. The van der Waals surface area contributed by atoms with E-state index in [0.717, 1.165) is 103 Å². The molecule has 0 saturated heterocycles. The molecule has 0 aliphatic rings. The number of nitrogens with zero attached hydrogens (tertiary/aromatic N) is 1. The minimum absolute atomic E-state index is 0.0188. The largest absolute Gasteiger partial charge is 0.472 e. The molecule has 320 valence electrons. The van der Waals surface area contributed by atoms with Crippen molar-refractivity contribution < 1.29 is 42.1 Å². The maximum atomic E-state index is 12.7. The van der Waals surface area contributed by atoms with Crippen molar-refractivity contribution in [1.29, 1.82) is 0 Å². The maximum Gasteiger partial charge on any atom is 0.472 e. The van der Waals surface area contributed by atoms with Crippen molar-refractivity contribution in [3.8, 4) is 0 Å². The van der Waals surface area contributed by atoms with Gasteiger partial charge in [-0.05, 0) is 83.5 Å². The van der Waals surface area contributed by atoms with Gasteiger partial charge in [0.05, 0.1) is 27.7 Å². The van der Waals surface area contributed by atoms with E-state index in [1.807, 2.05) is 21.1 Å². The standard InChI is InChI=1S/C46H78NO8P/c1-6-8-10-12-14-16-18-20-21-22-23-24-25-27-29-31-33-35-37-39-46(49)55-44(43-54-56(50,51)53-41-40-47(3,4)5)42-52-45(48)38-36-34-32-30-28-26-19-17-15-13-11-9-7-2/h8-11,14-17,20-21,23-24,26,28,44H,6-7,12-13,18-19,22,25,27,29-43H2,1-5H3/p+1/b10-8-,11-9-,16-14-,17-15-,21-20-,24-23-,28-26-. The number of carbonyl (C=O) groups is 2. The Bertz CT molecular complexity index is 1230. The zero-order chi connectivity index (χ0) is 41.4. The van der Waals surface area contributed by atoms with Crippen LogP contribution in [0.15, 0.2) is 85.1 Å². The van der Waals surface area contributed by atoms with Crippen LogP contribution in [0.25, 0.3) is 0 Å². The van der Waals surface area contributed by atoms with Gasteiger partial charge in [-0.15, -0.1) is 0 Å². The molecule has 0 aromatic rings. The number of allylic oxidation sites excluding steroid dienone is 14. The van der Waals surface area contributed by atoms with Crippen LogP contribution in [0.3, 0.4) is 0 Å². The third-order valence-corrected chi connectivity index (χ3v) is 9.40. The third kappa shape index (κ3) is 40.8. The van der Waals surface area contributed by atoms with Crippen LogP contribution in [0.1, 0.15) is 142 Å². The van der Waals surface area contributed by atoms with Gasteiger partial charge in [0.1, 0.15) is 19.8 Å². The SMILES string of the molecule is CC/C=C\C/C=C\C/C=C\C/C=C\CCCCCCCCC(=O)OC(COC(=O)CCCCC/C=C\C/C=C\C/C=C\CC)COP(=O)(O)OCC[N+](C)(C)C. The predicted octanol–water partition coefficient (Wildman–Crippen LogP) is 12.0. The minimum atomic E-state index is -4.39. The zero-order valence-electron chi connectivity index (χ0n) is 35.8. The molecular weight excluding hydrogens is 725 g/mol. The van der Waals surface area contributed by atoms with Gasteiger partial charge in [-0.3, -0.25) is 18.6 Å². The number of phosphoric acid groups is 1. The maximum absolute atomic E-state index is 12.7. The highest BCUT2D eigenvalue weighted by atomic mass is 31.2. The van der Waals surface area contributed by atoms with Crippen molar-refractivity contribution in [2.45, 2.75) is 148 Å². The third-order valence-electron chi connectivity index (χ3n) is 8.42. The van der Waals surface area contributed by atoms with Crippen LogP contribution in [-0.4, -0.2) is 74.9 Å². The van der Waals surface area contributed by atoms with Crippen LogP contribution in [0.2, 0.25) is 0 Å². The number of rotatable bonds is 37. The number of quaternary nitrogens is 1. The van der Waals surface area contributed by atoms with Gasteiger partial charge in [-0.25, -0.2) is 4.57 Å². The van der Waals surface area contributed by atoms with Gasteiger partial charge in [0, 0.05) is 12.8 Å². The van der Waals surface area contributed by atoms with E-state index in [0.29, 0.717) is 23.9 Å². The Balaban J connectivity index is 4.45. The minimum Gasteiger partial charge on any atom is -0.462 e. The Morgan fingerprint density at radius 3 is 1.45 bits per heavy atom. The summed E-state index contributed by atoms with van der Waals surface area (Å²) in [5, 5.41) is 0. The topological polar surface area (TPSA) is 108 Å². The molecule has 0 radical (unpaired) electrons. The van der Waals surface area contributed by atoms with Gasteiger partial charge >= 0.3 is 19.8 Å². The first-order chi connectivity index (χ1) is 27.0. The smallest absolute Gasteiger partial charge is 0.462 e. The molecule has 10 heteroatoms. The summed E-state index contributed by atoms with van der Waals surface area (Å²) < 4.78 is 34.2. The Morgan fingerprint density at radius 1 is 0.554 bits per heavy atom. The van der Waals surface area contributed by atoms with E-state index in [2.05, 4.69) is 98.9 Å². The van der Waals surface area contributed by atoms with Crippen molar-refractivity contribution in [3.05, 3.63) is 85.1 Å². The van der Waals surface area contributed by atoms with Crippen LogP contribution in [0.5, 0.6) is 0 Å². The fourth-order valence-corrected chi connectivity index (χ4v) is 5.88. The number of phosphoric ester groups is 1. The van der Waals surface area contributed by atoms with E-state index in [1.165, 1.54) is 0 Å². The second kappa shape index (κ2) is 37.7. The molecule has 0 aromatic carbocycles. The predicted molar refractivity (Wildman–Crippen MR) is 233 cm³/mol. The lowest BCUT2D eigenvalue weighted by atomic mass is 10.1. The number of hydrogen-bond acceptors (Lipinski definition) is 7. The van der Waals surface area contributed by atoms with Crippen LogP contribution in [0, 0.1) is 0 Å². The van der Waals surface area contributed by atoms with Gasteiger partial charge in [0.2, 0.25) is 0 Å². The monoisotopic (exact) mass is 805 g/mol. The fraction of sp³-hybridized carbons (Fsp3) is 0.652. The summed E-state index contributed by atoms with van der Waals surface area (Å²) in [6, 6.07) is 0. The van der Waals surface area contributed by atoms with E-state index in [1.54, 1.807) is 0 Å². The molecular formula is C46H79NO8P+. The summed E-state index contributed by atoms with van der Waals surface area (Å²) in [4.78, 5) is 35.3. The number of carbonyl (C=O) groups excluding carboxylic acids is 2. The van der Waals surface area contributed by atoms with Gasteiger partial charge < -0.3 is 18.9 Å². The first-order valence-electron chi connectivity index (χ1n) is 21.3. The summed E-state index contributed by atoms with van der Waals surface area (Å²) in [5.41, 5.74) is 0. The van der Waals surface area contributed by atoms with Crippen molar-refractivity contribution in [1.82, 2.24) is 0 Å². The number of likely N-dealkylation sites (N-methyl/N-ethyl adjacent to an activating group) is 1. The highest BCUT2D eigenvalue weighted by Crippen LogP contribution is 2.43. The van der Waals surface area contributed by atoms with Crippen LogP contribution in [-0.2, 0) is 32.7 Å². The van der Waals surface area contributed by atoms with Crippen LogP contribution >= 0.6 is 7.82 Å². The highest BCUT2D eigenvalue weighted by Gasteiger charge is 2.27. The molecule has 0 aromatic heterocycles. The van der Waals surface area contributed by atoms with E-state index in [9.17, 15) is 19.0 Å². The van der Waals surface area contributed by atoms with Crippen LogP contribution < -0.4 is 0 Å². The Labute approximate surface area is 341 Å². The molecule has 2 unspecified atom stereocenters. The molecule has 9 nitrogen and oxygen atoms in total. The van der Waals surface area contributed by atoms with Gasteiger partial charge in [-0.2, -0.15) is 0 Å². The zero-order valence-corrected chi connectivity index (χ0v) is 36.7. The molecule has 2 atom stereocenters. The highest BCUT2D eigenvalue weighted by molar-refractivity contribution is 7.47. The van der Waals surface area contributed by atoms with Crippen molar-refractivity contribution in [2.75, 3.05) is 47.5 Å².